The van der Waals surface area contributed by atoms with E-state index in [0.717, 1.165) is 40.9 Å². The molecule has 0 saturated heterocycles. The number of benzene rings is 2. The summed E-state index contributed by atoms with van der Waals surface area (Å²) in [6.45, 7) is 6.04. The predicted octanol–water partition coefficient (Wildman–Crippen LogP) is 5.02. The number of hydrogen-bond acceptors (Lipinski definition) is 3. The van der Waals surface area contributed by atoms with E-state index in [1.807, 2.05) is 63.2 Å². The van der Waals surface area contributed by atoms with Gasteiger partial charge in [-0.3, -0.25) is 14.6 Å². The Balaban J connectivity index is 1.80. The molecule has 2 amide bonds. The first-order valence-electron chi connectivity index (χ1n) is 9.77. The van der Waals surface area contributed by atoms with Crippen LogP contribution in [0.25, 0.3) is 0 Å². The Kier molecular flexibility index (Phi) is 6.39. The van der Waals surface area contributed by atoms with E-state index in [9.17, 15) is 9.59 Å². The molecule has 0 atom stereocenters. The number of aromatic nitrogens is 1. The lowest BCUT2D eigenvalue weighted by atomic mass is 10.1. The fraction of sp³-hybridized carbons (Fsp3) is 0.208. The second-order valence-corrected chi connectivity index (χ2v) is 6.84. The number of rotatable bonds is 6. The van der Waals surface area contributed by atoms with Gasteiger partial charge in [0.15, 0.2) is 0 Å². The Bertz CT molecular complexity index is 1040. The molecule has 0 aliphatic carbocycles. The molecule has 1 aromatic heterocycles. The van der Waals surface area contributed by atoms with E-state index in [1.165, 1.54) is 12.4 Å². The minimum absolute atomic E-state index is 0.287. The van der Waals surface area contributed by atoms with E-state index in [1.54, 1.807) is 6.07 Å². The van der Waals surface area contributed by atoms with Gasteiger partial charge in [0, 0.05) is 23.8 Å². The summed E-state index contributed by atoms with van der Waals surface area (Å²) in [6, 6.07) is 15.2. The highest BCUT2D eigenvalue weighted by molar-refractivity contribution is 6.09. The number of nitrogens with one attached hydrogen (secondary N) is 2. The van der Waals surface area contributed by atoms with Crippen LogP contribution >= 0.6 is 0 Å². The zero-order valence-corrected chi connectivity index (χ0v) is 17.0. The Morgan fingerprint density at radius 2 is 1.45 bits per heavy atom. The van der Waals surface area contributed by atoms with Crippen LogP contribution in [0.15, 0.2) is 60.9 Å². The average molecular weight is 387 g/mol. The van der Waals surface area contributed by atoms with Gasteiger partial charge < -0.3 is 10.6 Å². The summed E-state index contributed by atoms with van der Waals surface area (Å²) in [5.41, 5.74) is 5.37. The Morgan fingerprint density at radius 1 is 0.828 bits per heavy atom. The van der Waals surface area contributed by atoms with Crippen LogP contribution in [0.1, 0.15) is 51.3 Å². The number of hydrogen-bond donors (Lipinski definition) is 2. The second-order valence-electron chi connectivity index (χ2n) is 6.84. The molecule has 0 saturated carbocycles. The van der Waals surface area contributed by atoms with Gasteiger partial charge in [0.2, 0.25) is 0 Å². The van der Waals surface area contributed by atoms with Crippen molar-refractivity contribution in [2.45, 2.75) is 33.6 Å². The molecule has 3 rings (SSSR count). The lowest BCUT2D eigenvalue weighted by molar-refractivity contribution is 0.102. The smallest absolute Gasteiger partial charge is 0.257 e. The molecule has 3 aromatic rings. The van der Waals surface area contributed by atoms with Gasteiger partial charge in [0.05, 0.1) is 11.1 Å². The van der Waals surface area contributed by atoms with Crippen molar-refractivity contribution in [2.24, 2.45) is 0 Å². The summed E-state index contributed by atoms with van der Waals surface area (Å²) in [6.07, 6.45) is 4.56. The van der Waals surface area contributed by atoms with Gasteiger partial charge in [-0.05, 0) is 48.6 Å². The fourth-order valence-corrected chi connectivity index (χ4v) is 3.22. The molecule has 0 unspecified atom stereocenters. The minimum Gasteiger partial charge on any atom is -0.322 e. The van der Waals surface area contributed by atoms with Crippen molar-refractivity contribution >= 4 is 23.2 Å². The highest BCUT2D eigenvalue weighted by atomic mass is 16.2. The standard InChI is InChI=1S/C24H25N3O2/c1-4-17-10-6-7-12-21(17)26-23(28)19-13-20(15-25-14-19)24(29)27-22-16(3)9-8-11-18(22)5-2/h6-15H,4-5H2,1-3H3,(H,26,28)(H,27,29). The van der Waals surface area contributed by atoms with Crippen molar-refractivity contribution < 1.29 is 9.59 Å². The molecule has 5 nitrogen and oxygen atoms in total. The number of amides is 2. The van der Waals surface area contributed by atoms with Gasteiger partial charge in [-0.1, -0.05) is 50.2 Å². The van der Waals surface area contributed by atoms with Gasteiger partial charge in [-0.2, -0.15) is 0 Å². The van der Waals surface area contributed by atoms with Gasteiger partial charge in [-0.15, -0.1) is 0 Å². The van der Waals surface area contributed by atoms with Crippen LogP contribution in [0, 0.1) is 6.92 Å². The number of nitrogens with zero attached hydrogens (tertiary/aromatic N) is 1. The molecular formula is C24H25N3O2. The largest absolute Gasteiger partial charge is 0.322 e. The van der Waals surface area contributed by atoms with E-state index in [0.29, 0.717) is 11.1 Å². The van der Waals surface area contributed by atoms with E-state index < -0.39 is 0 Å². The third kappa shape index (κ3) is 4.69. The number of carbonyl (C=O) groups excluding carboxylic acids is 2. The molecule has 148 valence electrons. The Hall–Kier alpha value is -3.47. The quantitative estimate of drug-likeness (QED) is 0.624. The van der Waals surface area contributed by atoms with Gasteiger partial charge in [0.25, 0.3) is 11.8 Å². The van der Waals surface area contributed by atoms with Crippen molar-refractivity contribution in [3.8, 4) is 0 Å². The van der Waals surface area contributed by atoms with Crippen LogP contribution < -0.4 is 10.6 Å². The lowest BCUT2D eigenvalue weighted by Crippen LogP contribution is -2.17. The minimum atomic E-state index is -0.293. The maximum absolute atomic E-state index is 12.8. The molecule has 2 N–H and O–H groups in total. The second kappa shape index (κ2) is 9.15. The summed E-state index contributed by atoms with van der Waals surface area (Å²) in [5.74, 6) is -0.580. The van der Waals surface area contributed by atoms with Gasteiger partial charge in [0.1, 0.15) is 0 Å². The Morgan fingerprint density at radius 3 is 2.14 bits per heavy atom. The van der Waals surface area contributed by atoms with E-state index in [-0.39, 0.29) is 11.8 Å². The van der Waals surface area contributed by atoms with Crippen molar-refractivity contribution in [1.29, 1.82) is 0 Å². The summed E-state index contributed by atoms with van der Waals surface area (Å²) < 4.78 is 0. The third-order valence-corrected chi connectivity index (χ3v) is 4.89. The molecular weight excluding hydrogens is 362 g/mol. The van der Waals surface area contributed by atoms with Crippen molar-refractivity contribution in [1.82, 2.24) is 4.98 Å². The molecule has 0 radical (unpaired) electrons. The van der Waals surface area contributed by atoms with Crippen LogP contribution in [0.4, 0.5) is 11.4 Å². The first-order chi connectivity index (χ1) is 14.0. The number of anilines is 2. The highest BCUT2D eigenvalue weighted by Crippen LogP contribution is 2.22. The molecule has 0 aliphatic heterocycles. The van der Waals surface area contributed by atoms with Gasteiger partial charge >= 0.3 is 0 Å². The van der Waals surface area contributed by atoms with Crippen LogP contribution in [0.2, 0.25) is 0 Å². The summed E-state index contributed by atoms with van der Waals surface area (Å²) in [5, 5.41) is 5.88. The highest BCUT2D eigenvalue weighted by Gasteiger charge is 2.14. The SMILES string of the molecule is CCc1ccccc1NC(=O)c1cncc(C(=O)Nc2c(C)cccc2CC)c1. The molecule has 1 heterocycles. The number of pyridine rings is 1. The molecule has 29 heavy (non-hydrogen) atoms. The monoisotopic (exact) mass is 387 g/mol. The molecule has 0 bridgehead atoms. The maximum Gasteiger partial charge on any atom is 0.257 e. The van der Waals surface area contributed by atoms with Crippen LogP contribution in [-0.2, 0) is 12.8 Å². The average Bonchev–Trinajstić information content (AvgIpc) is 2.75. The first kappa shape index (κ1) is 20.3. The van der Waals surface area contributed by atoms with E-state index >= 15 is 0 Å². The summed E-state index contributed by atoms with van der Waals surface area (Å²) >= 11 is 0. The van der Waals surface area contributed by atoms with Crippen molar-refractivity contribution in [3.63, 3.8) is 0 Å². The predicted molar refractivity (Wildman–Crippen MR) is 117 cm³/mol. The molecule has 0 spiro atoms. The molecule has 2 aromatic carbocycles. The molecule has 0 fully saturated rings. The van der Waals surface area contributed by atoms with Crippen LogP contribution in [-0.4, -0.2) is 16.8 Å². The summed E-state index contributed by atoms with van der Waals surface area (Å²) in [4.78, 5) is 29.6. The lowest BCUT2D eigenvalue weighted by Gasteiger charge is -2.13. The zero-order chi connectivity index (χ0) is 20.8. The first-order valence-corrected chi connectivity index (χ1v) is 9.77. The summed E-state index contributed by atoms with van der Waals surface area (Å²) in [7, 11) is 0. The topological polar surface area (TPSA) is 71.1 Å². The van der Waals surface area contributed by atoms with Gasteiger partial charge in [-0.25, -0.2) is 0 Å². The van der Waals surface area contributed by atoms with Crippen LogP contribution in [0.5, 0.6) is 0 Å². The molecule has 5 heteroatoms. The maximum atomic E-state index is 12.8. The van der Waals surface area contributed by atoms with Crippen molar-refractivity contribution in [3.05, 3.63) is 88.7 Å². The Labute approximate surface area is 171 Å². The fourth-order valence-electron chi connectivity index (χ4n) is 3.22. The number of carbonyl (C=O) groups is 2. The van der Waals surface area contributed by atoms with Crippen molar-refractivity contribution in [2.75, 3.05) is 10.6 Å². The molecule has 0 aliphatic rings. The number of aryl methyl sites for hydroxylation is 3. The van der Waals surface area contributed by atoms with E-state index in [2.05, 4.69) is 15.6 Å². The third-order valence-electron chi connectivity index (χ3n) is 4.89. The normalized spacial score (nSPS) is 10.4. The zero-order valence-electron chi connectivity index (χ0n) is 17.0. The van der Waals surface area contributed by atoms with E-state index in [4.69, 9.17) is 0 Å². The number of para-hydroxylation sites is 2. The van der Waals surface area contributed by atoms with Crippen LogP contribution in [0.3, 0.4) is 0 Å².